The number of carbonyl (C=O) groups is 2. The summed E-state index contributed by atoms with van der Waals surface area (Å²) >= 11 is 0. The van der Waals surface area contributed by atoms with E-state index in [0.29, 0.717) is 18.6 Å². The van der Waals surface area contributed by atoms with Crippen molar-refractivity contribution in [1.29, 1.82) is 0 Å². The molecule has 0 aromatic heterocycles. The number of carbonyl (C=O) groups excluding carboxylic acids is 2. The van der Waals surface area contributed by atoms with Gasteiger partial charge in [-0.15, -0.1) is 0 Å². The van der Waals surface area contributed by atoms with E-state index in [-0.39, 0.29) is 24.5 Å². The van der Waals surface area contributed by atoms with Gasteiger partial charge in [0.1, 0.15) is 5.75 Å². The SMILES string of the molecule is CCc1ccc(CCC(=O)NC(CC)c2ccccc2OCC(=O)N(C)C)cc1. The van der Waals surface area contributed by atoms with E-state index >= 15 is 0 Å². The van der Waals surface area contributed by atoms with Crippen LogP contribution in [-0.4, -0.2) is 37.4 Å². The number of benzene rings is 2. The molecule has 0 saturated carbocycles. The molecule has 5 heteroatoms. The van der Waals surface area contributed by atoms with Crippen LogP contribution in [0.3, 0.4) is 0 Å². The molecule has 0 saturated heterocycles. The van der Waals surface area contributed by atoms with Crippen molar-refractivity contribution in [2.24, 2.45) is 0 Å². The number of amides is 2. The van der Waals surface area contributed by atoms with E-state index in [2.05, 4.69) is 36.5 Å². The molecule has 1 unspecified atom stereocenters. The Balaban J connectivity index is 1.97. The molecular weight excluding hydrogens is 364 g/mol. The quantitative estimate of drug-likeness (QED) is 0.662. The van der Waals surface area contributed by atoms with Crippen LogP contribution in [0.25, 0.3) is 0 Å². The summed E-state index contributed by atoms with van der Waals surface area (Å²) in [6.07, 6.45) is 2.89. The predicted octanol–water partition coefficient (Wildman–Crippen LogP) is 3.92. The third kappa shape index (κ3) is 6.93. The number of likely N-dealkylation sites (N-methyl/N-ethyl adjacent to an activating group) is 1. The maximum absolute atomic E-state index is 12.5. The van der Waals surface area contributed by atoms with E-state index in [1.165, 1.54) is 10.5 Å². The molecule has 0 radical (unpaired) electrons. The number of hydrogen-bond donors (Lipinski definition) is 1. The molecule has 2 amide bonds. The molecule has 0 aliphatic heterocycles. The Morgan fingerprint density at radius 1 is 1.00 bits per heavy atom. The van der Waals surface area contributed by atoms with Crippen LogP contribution in [0.1, 0.15) is 49.4 Å². The molecule has 2 rings (SSSR count). The highest BCUT2D eigenvalue weighted by Crippen LogP contribution is 2.27. The summed E-state index contributed by atoms with van der Waals surface area (Å²) in [6.45, 7) is 4.13. The molecule has 1 atom stereocenters. The Kier molecular flexibility index (Phi) is 8.71. The number of hydrogen-bond acceptors (Lipinski definition) is 3. The Morgan fingerprint density at radius 3 is 2.28 bits per heavy atom. The van der Waals surface area contributed by atoms with Crippen LogP contribution in [-0.2, 0) is 22.4 Å². The van der Waals surface area contributed by atoms with E-state index in [9.17, 15) is 9.59 Å². The first-order valence-electron chi connectivity index (χ1n) is 10.2. The van der Waals surface area contributed by atoms with Crippen molar-refractivity contribution < 1.29 is 14.3 Å². The average Bonchev–Trinajstić information content (AvgIpc) is 2.74. The van der Waals surface area contributed by atoms with Gasteiger partial charge in [-0.1, -0.05) is 56.3 Å². The zero-order chi connectivity index (χ0) is 21.2. The number of rotatable bonds is 10. The maximum atomic E-state index is 12.5. The van der Waals surface area contributed by atoms with E-state index < -0.39 is 0 Å². The molecule has 2 aromatic carbocycles. The molecule has 0 spiro atoms. The van der Waals surface area contributed by atoms with Gasteiger partial charge in [-0.2, -0.15) is 0 Å². The minimum Gasteiger partial charge on any atom is -0.483 e. The number of ether oxygens (including phenoxy) is 1. The lowest BCUT2D eigenvalue weighted by Crippen LogP contribution is -2.30. The van der Waals surface area contributed by atoms with E-state index in [0.717, 1.165) is 24.0 Å². The van der Waals surface area contributed by atoms with Gasteiger partial charge in [-0.05, 0) is 36.5 Å². The minimum atomic E-state index is -0.157. The number of aryl methyl sites for hydroxylation is 2. The fraction of sp³-hybridized carbons (Fsp3) is 0.417. The van der Waals surface area contributed by atoms with Gasteiger partial charge in [0, 0.05) is 26.1 Å². The average molecular weight is 397 g/mol. The van der Waals surface area contributed by atoms with E-state index in [1.807, 2.05) is 31.2 Å². The third-order valence-electron chi connectivity index (χ3n) is 4.96. The first kappa shape index (κ1) is 22.5. The van der Waals surface area contributed by atoms with Gasteiger partial charge in [0.2, 0.25) is 5.91 Å². The Bertz CT molecular complexity index is 800. The van der Waals surface area contributed by atoms with Crippen molar-refractivity contribution in [2.45, 2.75) is 45.6 Å². The molecular formula is C24H32N2O3. The molecule has 29 heavy (non-hydrogen) atoms. The van der Waals surface area contributed by atoms with Crippen LogP contribution in [0.5, 0.6) is 5.75 Å². The van der Waals surface area contributed by atoms with Crippen molar-refractivity contribution >= 4 is 11.8 Å². The second kappa shape index (κ2) is 11.2. The maximum Gasteiger partial charge on any atom is 0.259 e. The smallest absolute Gasteiger partial charge is 0.259 e. The van der Waals surface area contributed by atoms with E-state index in [4.69, 9.17) is 4.74 Å². The summed E-state index contributed by atoms with van der Waals surface area (Å²) in [5.41, 5.74) is 3.35. The molecule has 5 nitrogen and oxygen atoms in total. The fourth-order valence-corrected chi connectivity index (χ4v) is 3.03. The molecule has 0 fully saturated rings. The normalized spacial score (nSPS) is 11.6. The highest BCUT2D eigenvalue weighted by Gasteiger charge is 2.17. The molecule has 156 valence electrons. The Morgan fingerprint density at radius 2 is 1.66 bits per heavy atom. The Labute approximate surface area is 174 Å². The van der Waals surface area contributed by atoms with Gasteiger partial charge in [0.25, 0.3) is 5.91 Å². The standard InChI is InChI=1S/C24H32N2O3/c1-5-18-11-13-19(14-12-18)15-16-23(27)25-21(6-2)20-9-7-8-10-22(20)29-17-24(28)26(3)4/h7-14,21H,5-6,15-17H2,1-4H3,(H,25,27). The summed E-state index contributed by atoms with van der Waals surface area (Å²) in [5.74, 6) is 0.534. The van der Waals surface area contributed by atoms with Gasteiger partial charge in [0.05, 0.1) is 6.04 Å². The lowest BCUT2D eigenvalue weighted by atomic mass is 10.0. The van der Waals surface area contributed by atoms with Crippen LogP contribution < -0.4 is 10.1 Å². The molecule has 0 aliphatic carbocycles. The van der Waals surface area contributed by atoms with Gasteiger partial charge < -0.3 is 15.0 Å². The predicted molar refractivity (Wildman–Crippen MR) is 116 cm³/mol. The third-order valence-corrected chi connectivity index (χ3v) is 4.96. The second-order valence-electron chi connectivity index (χ2n) is 7.31. The van der Waals surface area contributed by atoms with Gasteiger partial charge in [-0.3, -0.25) is 9.59 Å². The summed E-state index contributed by atoms with van der Waals surface area (Å²) in [7, 11) is 3.39. The minimum absolute atomic E-state index is 0.00980. The molecule has 0 aliphatic rings. The lowest BCUT2D eigenvalue weighted by molar-refractivity contribution is -0.130. The number of nitrogens with zero attached hydrogens (tertiary/aromatic N) is 1. The zero-order valence-electron chi connectivity index (χ0n) is 17.9. The summed E-state index contributed by atoms with van der Waals surface area (Å²) < 4.78 is 5.73. The van der Waals surface area contributed by atoms with Crippen molar-refractivity contribution in [1.82, 2.24) is 10.2 Å². The van der Waals surface area contributed by atoms with Crippen molar-refractivity contribution in [3.8, 4) is 5.75 Å². The van der Waals surface area contributed by atoms with Crippen LogP contribution in [0.15, 0.2) is 48.5 Å². The lowest BCUT2D eigenvalue weighted by Gasteiger charge is -2.21. The van der Waals surface area contributed by atoms with Gasteiger partial charge >= 0.3 is 0 Å². The largest absolute Gasteiger partial charge is 0.483 e. The summed E-state index contributed by atoms with van der Waals surface area (Å²) in [6, 6.07) is 15.8. The summed E-state index contributed by atoms with van der Waals surface area (Å²) in [5, 5.41) is 3.11. The van der Waals surface area contributed by atoms with Crippen LogP contribution in [0.4, 0.5) is 0 Å². The summed E-state index contributed by atoms with van der Waals surface area (Å²) in [4.78, 5) is 25.9. The van der Waals surface area contributed by atoms with Gasteiger partial charge in [-0.25, -0.2) is 0 Å². The van der Waals surface area contributed by atoms with Crippen LogP contribution >= 0.6 is 0 Å². The molecule has 2 aromatic rings. The van der Waals surface area contributed by atoms with Crippen molar-refractivity contribution in [2.75, 3.05) is 20.7 Å². The van der Waals surface area contributed by atoms with Gasteiger partial charge in [0.15, 0.2) is 6.61 Å². The van der Waals surface area contributed by atoms with Crippen LogP contribution in [0, 0.1) is 0 Å². The van der Waals surface area contributed by atoms with Crippen LogP contribution in [0.2, 0.25) is 0 Å². The highest BCUT2D eigenvalue weighted by atomic mass is 16.5. The molecule has 0 bridgehead atoms. The number of para-hydroxylation sites is 1. The molecule has 1 N–H and O–H groups in total. The van der Waals surface area contributed by atoms with Crippen molar-refractivity contribution in [3.05, 3.63) is 65.2 Å². The topological polar surface area (TPSA) is 58.6 Å². The van der Waals surface area contributed by atoms with Crippen molar-refractivity contribution in [3.63, 3.8) is 0 Å². The second-order valence-corrected chi connectivity index (χ2v) is 7.31. The first-order valence-corrected chi connectivity index (χ1v) is 10.2. The monoisotopic (exact) mass is 396 g/mol. The number of nitrogens with one attached hydrogen (secondary N) is 1. The zero-order valence-corrected chi connectivity index (χ0v) is 17.9. The first-order chi connectivity index (χ1) is 13.9. The molecule has 0 heterocycles. The highest BCUT2D eigenvalue weighted by molar-refractivity contribution is 5.77. The fourth-order valence-electron chi connectivity index (χ4n) is 3.03. The Hall–Kier alpha value is -2.82. The van der Waals surface area contributed by atoms with E-state index in [1.54, 1.807) is 14.1 Å².